The molecule has 1 atom stereocenters. The maximum atomic E-state index is 9.80. The lowest BCUT2D eigenvalue weighted by Crippen LogP contribution is -2.39. The molecule has 3 rings (SSSR count). The van der Waals surface area contributed by atoms with Crippen molar-refractivity contribution in [1.29, 1.82) is 0 Å². The minimum absolute atomic E-state index is 0.161. The molecule has 3 nitrogen and oxygen atoms in total. The highest BCUT2D eigenvalue weighted by molar-refractivity contribution is 5.34. The number of aliphatic hydroxyl groups excluding tert-OH is 1. The van der Waals surface area contributed by atoms with Gasteiger partial charge in [0.05, 0.1) is 6.61 Å². The van der Waals surface area contributed by atoms with E-state index in [1.54, 1.807) is 0 Å². The van der Waals surface area contributed by atoms with E-state index in [0.29, 0.717) is 12.5 Å². The van der Waals surface area contributed by atoms with Gasteiger partial charge in [-0.3, -0.25) is 0 Å². The van der Waals surface area contributed by atoms with Gasteiger partial charge in [-0.15, -0.1) is 0 Å². The fourth-order valence-electron chi connectivity index (χ4n) is 4.29. The van der Waals surface area contributed by atoms with Crippen LogP contribution in [0.1, 0.15) is 37.7 Å². The Labute approximate surface area is 134 Å². The Morgan fingerprint density at radius 3 is 2.82 bits per heavy atom. The summed E-state index contributed by atoms with van der Waals surface area (Å²) in [4.78, 5) is 2.44. The molecule has 1 aromatic rings. The number of ether oxygens (including phenoxy) is 1. The van der Waals surface area contributed by atoms with Crippen molar-refractivity contribution in [3.63, 3.8) is 0 Å². The van der Waals surface area contributed by atoms with Gasteiger partial charge in [0, 0.05) is 25.1 Å². The Kier molecular flexibility index (Phi) is 5.04. The van der Waals surface area contributed by atoms with Crippen LogP contribution in [0, 0.1) is 11.3 Å². The third-order valence-corrected chi connectivity index (χ3v) is 5.44. The van der Waals surface area contributed by atoms with Crippen molar-refractivity contribution >= 4 is 0 Å². The van der Waals surface area contributed by atoms with Crippen LogP contribution in [0.25, 0.3) is 0 Å². The molecule has 1 aromatic carbocycles. The Hall–Kier alpha value is -1.06. The highest BCUT2D eigenvalue weighted by Crippen LogP contribution is 2.38. The van der Waals surface area contributed by atoms with Crippen LogP contribution in [0.3, 0.4) is 0 Å². The van der Waals surface area contributed by atoms with Crippen molar-refractivity contribution in [2.45, 2.75) is 38.5 Å². The van der Waals surface area contributed by atoms with E-state index in [-0.39, 0.29) is 5.41 Å². The van der Waals surface area contributed by atoms with Crippen LogP contribution in [0.5, 0.6) is 5.75 Å². The predicted molar refractivity (Wildman–Crippen MR) is 89.2 cm³/mol. The predicted octanol–water partition coefficient (Wildman–Crippen LogP) is 3.11. The molecule has 0 amide bonds. The number of hydrogen-bond acceptors (Lipinski definition) is 3. The van der Waals surface area contributed by atoms with E-state index >= 15 is 0 Å². The first-order chi connectivity index (χ1) is 10.7. The molecule has 1 fully saturated rings. The molecule has 1 saturated carbocycles. The van der Waals surface area contributed by atoms with E-state index in [2.05, 4.69) is 36.2 Å². The first-order valence-corrected chi connectivity index (χ1v) is 8.71. The summed E-state index contributed by atoms with van der Waals surface area (Å²) in [6.45, 7) is 3.29. The monoisotopic (exact) mass is 303 g/mol. The maximum absolute atomic E-state index is 9.80. The fraction of sp³-hybridized carbons (Fsp3) is 0.684. The van der Waals surface area contributed by atoms with Gasteiger partial charge in [0.2, 0.25) is 0 Å². The quantitative estimate of drug-likeness (QED) is 0.907. The van der Waals surface area contributed by atoms with Crippen LogP contribution in [-0.2, 0) is 6.42 Å². The van der Waals surface area contributed by atoms with Crippen LogP contribution in [0.4, 0.5) is 0 Å². The third kappa shape index (κ3) is 3.64. The lowest BCUT2D eigenvalue weighted by atomic mass is 9.86. The maximum Gasteiger partial charge on any atom is 0.122 e. The Bertz CT molecular complexity index is 482. The highest BCUT2D eigenvalue weighted by Gasteiger charge is 2.34. The van der Waals surface area contributed by atoms with Crippen LogP contribution in [-0.4, -0.2) is 43.4 Å². The second-order valence-corrected chi connectivity index (χ2v) is 7.38. The molecule has 1 aliphatic carbocycles. The Morgan fingerprint density at radius 1 is 1.27 bits per heavy atom. The molecule has 0 spiro atoms. The van der Waals surface area contributed by atoms with Crippen molar-refractivity contribution in [3.8, 4) is 5.75 Å². The first-order valence-electron chi connectivity index (χ1n) is 8.71. The SMILES string of the molecule is CN(C[C@H]1CCOc2ccccc2C1)CC1(CO)CCCC1. The number of aliphatic hydroxyl groups is 1. The van der Waals surface area contributed by atoms with Gasteiger partial charge in [-0.25, -0.2) is 0 Å². The van der Waals surface area contributed by atoms with Gasteiger partial charge in [-0.2, -0.15) is 0 Å². The van der Waals surface area contributed by atoms with E-state index in [9.17, 15) is 5.11 Å². The van der Waals surface area contributed by atoms with Crippen molar-refractivity contribution in [2.75, 3.05) is 33.4 Å². The number of fused-ring (bicyclic) bond motifs is 1. The summed E-state index contributed by atoms with van der Waals surface area (Å²) in [6.07, 6.45) is 7.14. The topological polar surface area (TPSA) is 32.7 Å². The van der Waals surface area contributed by atoms with Crippen molar-refractivity contribution < 1.29 is 9.84 Å². The molecule has 22 heavy (non-hydrogen) atoms. The smallest absolute Gasteiger partial charge is 0.122 e. The minimum atomic E-state index is 0.161. The molecule has 1 aliphatic heterocycles. The van der Waals surface area contributed by atoms with Crippen molar-refractivity contribution in [1.82, 2.24) is 4.90 Å². The second-order valence-electron chi connectivity index (χ2n) is 7.38. The van der Waals surface area contributed by atoms with Gasteiger partial charge in [0.1, 0.15) is 5.75 Å². The standard InChI is InChI=1S/C19H29NO2/c1-20(14-19(15-21)9-4-5-10-19)13-16-8-11-22-18-7-3-2-6-17(18)12-16/h2-3,6-7,16,21H,4-5,8-15H2,1H3/t16-/m0/s1. The van der Waals surface area contributed by atoms with Gasteiger partial charge < -0.3 is 14.7 Å². The summed E-state index contributed by atoms with van der Waals surface area (Å²) in [5.74, 6) is 1.71. The molecule has 2 aliphatic rings. The van der Waals surface area contributed by atoms with Crippen LogP contribution < -0.4 is 4.74 Å². The van der Waals surface area contributed by atoms with Gasteiger partial charge in [-0.1, -0.05) is 31.0 Å². The summed E-state index contributed by atoms with van der Waals surface area (Å²) in [5.41, 5.74) is 1.50. The molecule has 0 radical (unpaired) electrons. The lowest BCUT2D eigenvalue weighted by molar-refractivity contribution is 0.0814. The molecule has 0 aromatic heterocycles. The number of benzene rings is 1. The second kappa shape index (κ2) is 7.01. The lowest BCUT2D eigenvalue weighted by Gasteiger charge is -2.33. The summed E-state index contributed by atoms with van der Waals surface area (Å²) in [7, 11) is 2.22. The zero-order chi connectivity index (χ0) is 15.4. The average Bonchev–Trinajstić information content (AvgIpc) is 2.88. The van der Waals surface area contributed by atoms with E-state index in [4.69, 9.17) is 4.74 Å². The van der Waals surface area contributed by atoms with E-state index in [1.807, 2.05) is 0 Å². The molecule has 0 saturated heterocycles. The Balaban J connectivity index is 1.58. The molecule has 1 heterocycles. The molecule has 0 bridgehead atoms. The van der Waals surface area contributed by atoms with Crippen LogP contribution in [0.15, 0.2) is 24.3 Å². The van der Waals surface area contributed by atoms with Crippen molar-refractivity contribution in [2.24, 2.45) is 11.3 Å². The highest BCUT2D eigenvalue weighted by atomic mass is 16.5. The minimum Gasteiger partial charge on any atom is -0.493 e. The summed E-state index contributed by atoms with van der Waals surface area (Å²) < 4.78 is 5.88. The molecular formula is C19H29NO2. The third-order valence-electron chi connectivity index (χ3n) is 5.44. The normalized spacial score (nSPS) is 23.9. The number of nitrogens with zero attached hydrogens (tertiary/aromatic N) is 1. The summed E-state index contributed by atoms with van der Waals surface area (Å²) >= 11 is 0. The largest absolute Gasteiger partial charge is 0.493 e. The Morgan fingerprint density at radius 2 is 2.05 bits per heavy atom. The van der Waals surface area contributed by atoms with E-state index < -0.39 is 0 Å². The van der Waals surface area contributed by atoms with Crippen LogP contribution in [0.2, 0.25) is 0 Å². The van der Waals surface area contributed by atoms with Gasteiger partial charge in [0.25, 0.3) is 0 Å². The zero-order valence-corrected chi connectivity index (χ0v) is 13.8. The van der Waals surface area contributed by atoms with Crippen molar-refractivity contribution in [3.05, 3.63) is 29.8 Å². The molecule has 3 heteroatoms. The van der Waals surface area contributed by atoms with Gasteiger partial charge in [0.15, 0.2) is 0 Å². The molecule has 1 N–H and O–H groups in total. The fourth-order valence-corrected chi connectivity index (χ4v) is 4.29. The molecule has 0 unspecified atom stereocenters. The first kappa shape index (κ1) is 15.8. The number of hydrogen-bond donors (Lipinski definition) is 1. The van der Waals surface area contributed by atoms with Crippen LogP contribution >= 0.6 is 0 Å². The summed E-state index contributed by atoms with van der Waals surface area (Å²) in [5, 5.41) is 9.80. The molecule has 122 valence electrons. The molecular weight excluding hydrogens is 274 g/mol. The summed E-state index contributed by atoms with van der Waals surface area (Å²) in [6, 6.07) is 8.44. The van der Waals surface area contributed by atoms with E-state index in [0.717, 1.165) is 38.3 Å². The van der Waals surface area contributed by atoms with E-state index in [1.165, 1.54) is 31.2 Å². The number of para-hydroxylation sites is 1. The van der Waals surface area contributed by atoms with Gasteiger partial charge in [-0.05, 0) is 50.3 Å². The number of rotatable bonds is 5. The van der Waals surface area contributed by atoms with Gasteiger partial charge >= 0.3 is 0 Å². The zero-order valence-electron chi connectivity index (χ0n) is 13.8. The average molecular weight is 303 g/mol.